The summed E-state index contributed by atoms with van der Waals surface area (Å²) >= 11 is 1.04. The van der Waals surface area contributed by atoms with Crippen LogP contribution in [0.1, 0.15) is 18.1 Å². The maximum Gasteiger partial charge on any atom is 0.261 e. The number of nitrogens with zero attached hydrogens (tertiary/aromatic N) is 1. The second kappa shape index (κ2) is 6.64. The third-order valence-corrected chi connectivity index (χ3v) is 8.34. The largest absolute Gasteiger partial charge is 0.280 e. The van der Waals surface area contributed by atoms with Gasteiger partial charge in [-0.25, -0.2) is 21.8 Å². The van der Waals surface area contributed by atoms with Crippen LogP contribution in [0.3, 0.4) is 0 Å². The Morgan fingerprint density at radius 2 is 1.65 bits per heavy atom. The molecule has 0 radical (unpaired) electrons. The van der Waals surface area contributed by atoms with E-state index in [1.807, 2.05) is 19.9 Å². The van der Waals surface area contributed by atoms with Crippen molar-refractivity contribution in [3.8, 4) is 0 Å². The van der Waals surface area contributed by atoms with Crippen molar-refractivity contribution in [1.29, 1.82) is 0 Å². The van der Waals surface area contributed by atoms with E-state index in [-0.39, 0.29) is 15.0 Å². The Kier molecular flexibility index (Phi) is 4.80. The van der Waals surface area contributed by atoms with Crippen LogP contribution in [0.5, 0.6) is 0 Å². The second-order valence-electron chi connectivity index (χ2n) is 5.99. The summed E-state index contributed by atoms with van der Waals surface area (Å²) in [7, 11) is -7.13. The number of sulfone groups is 1. The van der Waals surface area contributed by atoms with Gasteiger partial charge >= 0.3 is 0 Å². The molecule has 0 atom stereocenters. The van der Waals surface area contributed by atoms with Crippen LogP contribution in [-0.4, -0.2) is 27.6 Å². The van der Waals surface area contributed by atoms with Gasteiger partial charge in [0.15, 0.2) is 0 Å². The molecule has 0 aliphatic rings. The van der Waals surface area contributed by atoms with Gasteiger partial charge in [-0.15, -0.1) is 11.3 Å². The lowest BCUT2D eigenvalue weighted by Gasteiger charge is -2.09. The van der Waals surface area contributed by atoms with Crippen LogP contribution >= 0.6 is 11.3 Å². The van der Waals surface area contributed by atoms with E-state index >= 15 is 0 Å². The van der Waals surface area contributed by atoms with E-state index < -0.39 is 19.9 Å². The van der Waals surface area contributed by atoms with Crippen molar-refractivity contribution in [3.05, 3.63) is 47.5 Å². The smallest absolute Gasteiger partial charge is 0.261 e. The van der Waals surface area contributed by atoms with E-state index in [1.165, 1.54) is 0 Å². The van der Waals surface area contributed by atoms with Crippen molar-refractivity contribution < 1.29 is 16.8 Å². The van der Waals surface area contributed by atoms with E-state index in [0.29, 0.717) is 15.9 Å². The van der Waals surface area contributed by atoms with Crippen LogP contribution < -0.4 is 4.72 Å². The molecule has 6 nitrogen and oxygen atoms in total. The highest BCUT2D eigenvalue weighted by Gasteiger charge is 2.19. The molecular weight excluding hydrogens is 392 g/mol. The maximum absolute atomic E-state index is 12.6. The highest BCUT2D eigenvalue weighted by Crippen LogP contribution is 2.29. The molecular formula is C17H18N2O4S3. The summed E-state index contributed by atoms with van der Waals surface area (Å²) in [5, 5.41) is 0. The molecule has 0 saturated heterocycles. The van der Waals surface area contributed by atoms with Crippen LogP contribution in [0.2, 0.25) is 0 Å². The summed E-state index contributed by atoms with van der Waals surface area (Å²) in [6, 6.07) is 9.89. The zero-order chi connectivity index (χ0) is 19.1. The first kappa shape index (κ1) is 18.8. The van der Waals surface area contributed by atoms with E-state index in [2.05, 4.69) is 9.71 Å². The fourth-order valence-electron chi connectivity index (χ4n) is 2.53. The molecule has 0 saturated carbocycles. The number of benzene rings is 2. The Balaban J connectivity index is 1.98. The highest BCUT2D eigenvalue weighted by atomic mass is 32.2. The first-order valence-electron chi connectivity index (χ1n) is 7.85. The maximum atomic E-state index is 12.6. The van der Waals surface area contributed by atoms with Crippen LogP contribution in [0.15, 0.2) is 45.6 Å². The van der Waals surface area contributed by atoms with Crippen molar-refractivity contribution in [2.45, 2.75) is 30.0 Å². The molecule has 1 N–H and O–H groups in total. The molecule has 0 amide bonds. The van der Waals surface area contributed by atoms with E-state index in [0.717, 1.165) is 22.5 Å². The fraction of sp³-hybridized carbons (Fsp3) is 0.235. The molecule has 1 aromatic heterocycles. The average molecular weight is 411 g/mol. The number of thiazole rings is 1. The van der Waals surface area contributed by atoms with E-state index in [1.54, 1.807) is 37.3 Å². The van der Waals surface area contributed by atoms with Crippen LogP contribution in [0.25, 0.3) is 10.2 Å². The lowest BCUT2D eigenvalue weighted by Crippen LogP contribution is -2.13. The zero-order valence-electron chi connectivity index (χ0n) is 14.5. The molecule has 3 aromatic rings. The van der Waals surface area contributed by atoms with Crippen molar-refractivity contribution in [2.75, 3.05) is 10.5 Å². The SMILES string of the molecule is CCS(=O)(=O)c1nc2ccc(NS(=O)(=O)c3cc(C)cc(C)c3)cc2s1. The highest BCUT2D eigenvalue weighted by molar-refractivity contribution is 7.93. The first-order valence-corrected chi connectivity index (χ1v) is 11.8. The molecule has 0 unspecified atom stereocenters. The third kappa shape index (κ3) is 3.74. The lowest BCUT2D eigenvalue weighted by atomic mass is 10.2. The molecule has 0 spiro atoms. The quantitative estimate of drug-likeness (QED) is 0.695. The minimum Gasteiger partial charge on any atom is -0.280 e. The normalized spacial score (nSPS) is 12.4. The third-order valence-electron chi connectivity index (χ3n) is 3.77. The predicted octanol–water partition coefficient (Wildman–Crippen LogP) is 3.51. The van der Waals surface area contributed by atoms with E-state index in [4.69, 9.17) is 0 Å². The molecule has 0 aliphatic heterocycles. The Hall–Kier alpha value is -1.97. The summed E-state index contributed by atoms with van der Waals surface area (Å²) in [6.07, 6.45) is 0. The number of nitrogens with one attached hydrogen (secondary N) is 1. The zero-order valence-corrected chi connectivity index (χ0v) is 16.9. The number of sulfonamides is 1. The Labute approximate surface area is 156 Å². The lowest BCUT2D eigenvalue weighted by molar-refractivity contribution is 0.596. The Morgan fingerprint density at radius 1 is 1.00 bits per heavy atom. The molecule has 1 heterocycles. The van der Waals surface area contributed by atoms with Crippen LogP contribution in [0.4, 0.5) is 5.69 Å². The standard InChI is InChI=1S/C17H18N2O4S3/c1-4-25(20,21)17-18-15-6-5-13(10-16(15)24-17)19-26(22,23)14-8-11(2)7-12(3)9-14/h5-10,19H,4H2,1-3H3. The fourth-order valence-corrected chi connectivity index (χ4v) is 6.11. The van der Waals surface area contributed by atoms with Gasteiger partial charge in [-0.05, 0) is 55.3 Å². The summed E-state index contributed by atoms with van der Waals surface area (Å²) in [4.78, 5) is 4.32. The molecule has 138 valence electrons. The first-order chi connectivity index (χ1) is 12.1. The number of fused-ring (bicyclic) bond motifs is 1. The van der Waals surface area contributed by atoms with E-state index in [9.17, 15) is 16.8 Å². The van der Waals surface area contributed by atoms with Crippen molar-refractivity contribution in [2.24, 2.45) is 0 Å². The summed E-state index contributed by atoms with van der Waals surface area (Å²) in [5.41, 5.74) is 2.60. The number of hydrogen-bond acceptors (Lipinski definition) is 6. The minimum absolute atomic E-state index is 0.0288. The number of rotatable bonds is 5. The summed E-state index contributed by atoms with van der Waals surface area (Å²) in [5.74, 6) is -0.0288. The van der Waals surface area contributed by atoms with Crippen molar-refractivity contribution in [3.63, 3.8) is 0 Å². The van der Waals surface area contributed by atoms with Crippen molar-refractivity contribution >= 4 is 47.1 Å². The Morgan fingerprint density at radius 3 is 2.27 bits per heavy atom. The molecule has 3 rings (SSSR count). The minimum atomic E-state index is -3.74. The topological polar surface area (TPSA) is 93.2 Å². The van der Waals surface area contributed by atoms with Gasteiger partial charge in [-0.2, -0.15) is 0 Å². The van der Waals surface area contributed by atoms with Gasteiger partial charge in [0, 0.05) is 0 Å². The molecule has 0 aliphatic carbocycles. The second-order valence-corrected chi connectivity index (χ2v) is 11.2. The molecule has 26 heavy (non-hydrogen) atoms. The number of hydrogen-bond donors (Lipinski definition) is 1. The number of aromatic nitrogens is 1. The summed E-state index contributed by atoms with van der Waals surface area (Å²) in [6.45, 7) is 5.24. The van der Waals surface area contributed by atoms with Crippen molar-refractivity contribution in [1.82, 2.24) is 4.98 Å². The van der Waals surface area contributed by atoms with Gasteiger partial charge < -0.3 is 0 Å². The van der Waals surface area contributed by atoms with Gasteiger partial charge in [0.05, 0.1) is 26.6 Å². The molecule has 2 aromatic carbocycles. The monoisotopic (exact) mass is 410 g/mol. The predicted molar refractivity (Wildman–Crippen MR) is 104 cm³/mol. The number of aryl methyl sites for hydroxylation is 2. The van der Waals surface area contributed by atoms with Crippen LogP contribution in [0, 0.1) is 13.8 Å². The molecule has 9 heteroatoms. The number of anilines is 1. The average Bonchev–Trinajstić information content (AvgIpc) is 2.97. The van der Waals surface area contributed by atoms with Gasteiger partial charge in [-0.1, -0.05) is 13.0 Å². The van der Waals surface area contributed by atoms with Crippen LogP contribution in [-0.2, 0) is 19.9 Å². The summed E-state index contributed by atoms with van der Waals surface area (Å²) < 4.78 is 52.4. The van der Waals surface area contributed by atoms with Gasteiger partial charge in [-0.3, -0.25) is 4.72 Å². The molecule has 0 bridgehead atoms. The molecule has 0 fully saturated rings. The van der Waals surface area contributed by atoms with Gasteiger partial charge in [0.25, 0.3) is 10.0 Å². The Bertz CT molecular complexity index is 1180. The van der Waals surface area contributed by atoms with Gasteiger partial charge in [0.1, 0.15) is 0 Å². The van der Waals surface area contributed by atoms with Gasteiger partial charge in [0.2, 0.25) is 14.2 Å².